The minimum atomic E-state index is -0.804. The molecule has 0 aliphatic carbocycles. The Kier molecular flexibility index (Phi) is 6.29. The Morgan fingerprint density at radius 1 is 1.22 bits per heavy atom. The van der Waals surface area contributed by atoms with Crippen LogP contribution in [0.1, 0.15) is 42.1 Å². The number of esters is 1. The first-order valence-corrected chi connectivity index (χ1v) is 9.46. The SMILES string of the molecule is COc1cc(OC)c2c(c1Cl)C[C@H](O)/C=C/CC[C@@H]1O[C@H]1C[C@@H](C)OC2=O. The molecule has 0 saturated carbocycles. The second-order valence-electron chi connectivity index (χ2n) is 6.89. The van der Waals surface area contributed by atoms with Gasteiger partial charge in [0.2, 0.25) is 0 Å². The molecule has 0 spiro atoms. The van der Waals surface area contributed by atoms with Gasteiger partial charge in [0.15, 0.2) is 0 Å². The van der Waals surface area contributed by atoms with Crippen LogP contribution in [0.5, 0.6) is 11.5 Å². The lowest BCUT2D eigenvalue weighted by atomic mass is 9.98. The lowest BCUT2D eigenvalue weighted by molar-refractivity contribution is 0.0305. The van der Waals surface area contributed by atoms with Crippen molar-refractivity contribution in [1.29, 1.82) is 0 Å². The molecule has 0 unspecified atom stereocenters. The minimum Gasteiger partial charge on any atom is -0.496 e. The largest absolute Gasteiger partial charge is 0.496 e. The average Bonchev–Trinajstić information content (AvgIpc) is 3.36. The van der Waals surface area contributed by atoms with E-state index in [0.717, 1.165) is 12.8 Å². The first kappa shape index (κ1) is 20.0. The van der Waals surface area contributed by atoms with Gasteiger partial charge in [0.25, 0.3) is 0 Å². The maximum atomic E-state index is 12.9. The van der Waals surface area contributed by atoms with Crippen LogP contribution < -0.4 is 9.47 Å². The zero-order valence-corrected chi connectivity index (χ0v) is 16.5. The lowest BCUT2D eigenvalue weighted by Gasteiger charge is -2.20. The summed E-state index contributed by atoms with van der Waals surface area (Å²) in [6.45, 7) is 1.84. The first-order chi connectivity index (χ1) is 12.9. The number of fused-ring (bicyclic) bond motifs is 2. The Morgan fingerprint density at radius 2 is 1.96 bits per heavy atom. The Labute approximate surface area is 164 Å². The fourth-order valence-electron chi connectivity index (χ4n) is 3.44. The molecule has 2 heterocycles. The molecule has 27 heavy (non-hydrogen) atoms. The van der Waals surface area contributed by atoms with Gasteiger partial charge in [-0.25, -0.2) is 4.79 Å². The summed E-state index contributed by atoms with van der Waals surface area (Å²) in [6, 6.07) is 1.55. The predicted octanol–water partition coefficient (Wildman–Crippen LogP) is 3.31. The molecule has 1 aromatic rings. The Hall–Kier alpha value is -1.76. The van der Waals surface area contributed by atoms with Crippen LogP contribution in [0.4, 0.5) is 0 Å². The van der Waals surface area contributed by atoms with Crippen LogP contribution in [-0.4, -0.2) is 49.7 Å². The van der Waals surface area contributed by atoms with Gasteiger partial charge in [0.1, 0.15) is 23.2 Å². The second kappa shape index (κ2) is 8.50. The maximum absolute atomic E-state index is 12.9. The van der Waals surface area contributed by atoms with Gasteiger partial charge < -0.3 is 24.1 Å². The molecule has 7 heteroatoms. The molecule has 0 amide bonds. The van der Waals surface area contributed by atoms with Crippen molar-refractivity contribution < 1.29 is 28.8 Å². The number of carbonyl (C=O) groups excluding carboxylic acids is 1. The lowest BCUT2D eigenvalue weighted by Crippen LogP contribution is -2.21. The summed E-state index contributed by atoms with van der Waals surface area (Å²) >= 11 is 6.46. The summed E-state index contributed by atoms with van der Waals surface area (Å²) in [6.07, 6.45) is 5.31. The Balaban J connectivity index is 2.02. The Bertz CT molecular complexity index is 732. The summed E-state index contributed by atoms with van der Waals surface area (Å²) in [4.78, 5) is 12.9. The van der Waals surface area contributed by atoms with Crippen molar-refractivity contribution in [1.82, 2.24) is 0 Å². The van der Waals surface area contributed by atoms with Crippen molar-refractivity contribution in [3.8, 4) is 11.5 Å². The summed E-state index contributed by atoms with van der Waals surface area (Å²) in [7, 11) is 2.95. The van der Waals surface area contributed by atoms with Crippen LogP contribution in [0.2, 0.25) is 5.02 Å². The molecule has 2 aliphatic rings. The van der Waals surface area contributed by atoms with Crippen LogP contribution in [0, 0.1) is 0 Å². The third-order valence-corrected chi connectivity index (χ3v) is 5.30. The van der Waals surface area contributed by atoms with Crippen LogP contribution in [0.15, 0.2) is 18.2 Å². The molecule has 0 bridgehead atoms. The molecular weight excluding hydrogens is 372 g/mol. The highest BCUT2D eigenvalue weighted by Gasteiger charge is 2.39. The molecule has 6 nitrogen and oxygen atoms in total. The van der Waals surface area contributed by atoms with Crippen molar-refractivity contribution in [2.45, 2.75) is 57.0 Å². The predicted molar refractivity (Wildman–Crippen MR) is 101 cm³/mol. The minimum absolute atomic E-state index is 0.106. The number of halogens is 1. The molecular formula is C20H25ClO6. The molecule has 1 aromatic carbocycles. The van der Waals surface area contributed by atoms with Gasteiger partial charge in [-0.3, -0.25) is 0 Å². The third kappa shape index (κ3) is 4.57. The number of hydrogen-bond acceptors (Lipinski definition) is 6. The van der Waals surface area contributed by atoms with E-state index in [0.29, 0.717) is 23.5 Å². The highest BCUT2D eigenvalue weighted by atomic mass is 35.5. The van der Waals surface area contributed by atoms with Gasteiger partial charge in [-0.15, -0.1) is 0 Å². The summed E-state index contributed by atoms with van der Waals surface area (Å²) in [5.74, 6) is 0.135. The molecule has 1 fully saturated rings. The van der Waals surface area contributed by atoms with Gasteiger partial charge in [0.05, 0.1) is 37.6 Å². The van der Waals surface area contributed by atoms with Crippen molar-refractivity contribution >= 4 is 17.6 Å². The van der Waals surface area contributed by atoms with Crippen LogP contribution in [0.25, 0.3) is 0 Å². The second-order valence-corrected chi connectivity index (χ2v) is 7.27. The zero-order valence-electron chi connectivity index (χ0n) is 15.7. The van der Waals surface area contributed by atoms with Crippen LogP contribution in [-0.2, 0) is 15.9 Å². The van der Waals surface area contributed by atoms with Crippen molar-refractivity contribution in [2.24, 2.45) is 0 Å². The number of epoxide rings is 1. The molecule has 1 N–H and O–H groups in total. The number of carbonyl (C=O) groups is 1. The summed E-state index contributed by atoms with van der Waals surface area (Å²) in [5, 5.41) is 10.7. The normalized spacial score (nSPS) is 29.6. The molecule has 1 saturated heterocycles. The van der Waals surface area contributed by atoms with Gasteiger partial charge >= 0.3 is 5.97 Å². The van der Waals surface area contributed by atoms with E-state index in [1.54, 1.807) is 12.1 Å². The molecule has 0 aromatic heterocycles. The maximum Gasteiger partial charge on any atom is 0.342 e. The quantitative estimate of drug-likeness (QED) is 0.469. The number of benzene rings is 1. The van der Waals surface area contributed by atoms with E-state index in [-0.39, 0.29) is 35.3 Å². The van der Waals surface area contributed by atoms with Crippen molar-refractivity contribution in [3.05, 3.63) is 34.4 Å². The number of allylic oxidation sites excluding steroid dienone is 1. The first-order valence-electron chi connectivity index (χ1n) is 9.09. The summed E-state index contributed by atoms with van der Waals surface area (Å²) < 4.78 is 21.9. The molecule has 4 atom stereocenters. The average molecular weight is 397 g/mol. The van der Waals surface area contributed by atoms with E-state index in [9.17, 15) is 9.90 Å². The van der Waals surface area contributed by atoms with Gasteiger partial charge in [-0.2, -0.15) is 0 Å². The van der Waals surface area contributed by atoms with Gasteiger partial charge in [0, 0.05) is 18.9 Å². The van der Waals surface area contributed by atoms with Crippen LogP contribution >= 0.6 is 11.6 Å². The molecule has 3 rings (SSSR count). The number of methoxy groups -OCH3 is 2. The topological polar surface area (TPSA) is 77.5 Å². The van der Waals surface area contributed by atoms with Gasteiger partial charge in [-0.1, -0.05) is 23.8 Å². The van der Waals surface area contributed by atoms with E-state index < -0.39 is 12.1 Å². The summed E-state index contributed by atoms with van der Waals surface area (Å²) in [5.41, 5.74) is 0.660. The molecule has 0 radical (unpaired) electrons. The smallest absolute Gasteiger partial charge is 0.342 e. The zero-order chi connectivity index (χ0) is 19.6. The fourth-order valence-corrected chi connectivity index (χ4v) is 3.74. The number of hydrogen-bond donors (Lipinski definition) is 1. The third-order valence-electron chi connectivity index (χ3n) is 4.89. The van der Waals surface area contributed by atoms with E-state index in [1.165, 1.54) is 14.2 Å². The van der Waals surface area contributed by atoms with E-state index in [1.807, 2.05) is 13.0 Å². The number of ether oxygens (including phenoxy) is 4. The highest BCUT2D eigenvalue weighted by Crippen LogP contribution is 2.39. The highest BCUT2D eigenvalue weighted by molar-refractivity contribution is 6.33. The standard InChI is InChI=1S/C20H25ClO6/c1-11-8-15-14(27-15)7-5-4-6-12(22)9-13-18(20(23)26-11)16(24-2)10-17(25-3)19(13)21/h4,6,10-12,14-15,22H,5,7-9H2,1-3H3/b6-4+/t11-,12-,14+,15+/m1/s1. The molecule has 2 aliphatic heterocycles. The van der Waals surface area contributed by atoms with E-state index in [2.05, 4.69) is 0 Å². The van der Waals surface area contributed by atoms with Gasteiger partial charge in [-0.05, 0) is 25.3 Å². The Morgan fingerprint density at radius 3 is 2.67 bits per heavy atom. The van der Waals surface area contributed by atoms with Crippen LogP contribution in [0.3, 0.4) is 0 Å². The molecule has 148 valence electrons. The number of cyclic esters (lactones) is 1. The number of aliphatic hydroxyl groups is 1. The monoisotopic (exact) mass is 396 g/mol. The van der Waals surface area contributed by atoms with Crippen molar-refractivity contribution in [2.75, 3.05) is 14.2 Å². The fraction of sp³-hybridized carbons (Fsp3) is 0.550. The number of aliphatic hydroxyl groups excluding tert-OH is 1. The van der Waals surface area contributed by atoms with E-state index >= 15 is 0 Å². The van der Waals surface area contributed by atoms with E-state index in [4.69, 9.17) is 30.5 Å². The number of rotatable bonds is 2. The van der Waals surface area contributed by atoms with Crippen molar-refractivity contribution in [3.63, 3.8) is 0 Å².